The molecule has 0 N–H and O–H groups in total. The maximum absolute atomic E-state index is 3.90. The molecular weight excluding hydrogens is 203 g/mol. The van der Waals surface area contributed by atoms with Gasteiger partial charge in [-0.15, -0.1) is 0 Å². The van der Waals surface area contributed by atoms with Crippen LogP contribution in [-0.2, 0) is 0 Å². The third-order valence-electron chi connectivity index (χ3n) is 0.378. The van der Waals surface area contributed by atoms with Gasteiger partial charge >= 0.3 is 52.8 Å². The van der Waals surface area contributed by atoms with Crippen LogP contribution in [0.15, 0.2) is 5.51 Å². The van der Waals surface area contributed by atoms with Crippen molar-refractivity contribution in [2.75, 3.05) is 0 Å². The average molecular weight is 205 g/mol. The van der Waals surface area contributed by atoms with Gasteiger partial charge in [0.1, 0.15) is 0 Å². The van der Waals surface area contributed by atoms with Crippen molar-refractivity contribution in [1.29, 1.82) is 0 Å². The van der Waals surface area contributed by atoms with Gasteiger partial charge < -0.3 is 0 Å². The Balaban J connectivity index is 3.05. The molecule has 2 nitrogen and oxygen atoms in total. The van der Waals surface area contributed by atoms with Crippen LogP contribution in [0.4, 0.5) is 0 Å². The van der Waals surface area contributed by atoms with Crippen molar-refractivity contribution in [1.82, 2.24) is 9.36 Å². The molecule has 0 saturated carbocycles. The van der Waals surface area contributed by atoms with Gasteiger partial charge in [-0.25, -0.2) is 0 Å². The fraction of sp³-hybridized carbons (Fsp3) is 0. The first kappa shape index (κ1) is 4.52. The Kier molecular flexibility index (Phi) is 1.42. The Morgan fingerprint density at radius 3 is 2.83 bits per heavy atom. The van der Waals surface area contributed by atoms with Gasteiger partial charge in [-0.3, -0.25) is 0 Å². The second-order valence-corrected chi connectivity index (χ2v) is 2.87. The standard InChI is InChI=1S/C2HN2S.Sn.H/c1-3-2-5-4-1;;/h2H;;. The van der Waals surface area contributed by atoms with E-state index in [0.717, 1.165) is 26.4 Å². The van der Waals surface area contributed by atoms with Gasteiger partial charge in [-0.05, 0) is 0 Å². The van der Waals surface area contributed by atoms with E-state index in [-0.39, 0.29) is 0 Å². The van der Waals surface area contributed by atoms with Crippen molar-refractivity contribution in [3.8, 4) is 0 Å². The maximum atomic E-state index is 3.90. The number of hydrogen-bond acceptors (Lipinski definition) is 3. The minimum atomic E-state index is 0.991. The van der Waals surface area contributed by atoms with Gasteiger partial charge in [-0.1, -0.05) is 0 Å². The predicted octanol–water partition coefficient (Wildman–Crippen LogP) is -0.936. The molecule has 0 aromatic carbocycles. The van der Waals surface area contributed by atoms with Crippen molar-refractivity contribution in [3.05, 3.63) is 5.51 Å². The van der Waals surface area contributed by atoms with E-state index in [1.807, 2.05) is 0 Å². The SMILES string of the molecule is [SnH][c]1ncsn1. The van der Waals surface area contributed by atoms with Crippen molar-refractivity contribution in [2.24, 2.45) is 0 Å². The molecule has 1 rings (SSSR count). The third kappa shape index (κ3) is 0.908. The van der Waals surface area contributed by atoms with E-state index in [0.29, 0.717) is 0 Å². The Morgan fingerprint density at radius 2 is 2.67 bits per heavy atom. The van der Waals surface area contributed by atoms with Crippen molar-refractivity contribution in [2.45, 2.75) is 0 Å². The summed E-state index contributed by atoms with van der Waals surface area (Å²) in [4.78, 5) is 3.88. The molecular formula is C2H2N2SSn. The van der Waals surface area contributed by atoms with E-state index in [9.17, 15) is 0 Å². The van der Waals surface area contributed by atoms with Crippen molar-refractivity contribution < 1.29 is 0 Å². The van der Waals surface area contributed by atoms with Crippen LogP contribution in [0, 0.1) is 0 Å². The fourth-order valence-corrected chi connectivity index (χ4v) is 1.58. The van der Waals surface area contributed by atoms with Crippen LogP contribution >= 0.6 is 11.5 Å². The molecule has 1 aromatic rings. The van der Waals surface area contributed by atoms with Crippen LogP contribution < -0.4 is 3.84 Å². The van der Waals surface area contributed by atoms with Gasteiger partial charge in [0, 0.05) is 0 Å². The Bertz CT molecular complexity index is 115. The van der Waals surface area contributed by atoms with Crippen molar-refractivity contribution >= 4 is 37.9 Å². The zero-order valence-corrected chi connectivity index (χ0v) is 7.07. The summed E-state index contributed by atoms with van der Waals surface area (Å²) in [5.74, 6) is 0. The first-order valence-electron chi connectivity index (χ1n) is 1.41. The number of rotatable bonds is 0. The summed E-state index contributed by atoms with van der Waals surface area (Å²) in [5.41, 5.74) is 1.75. The van der Waals surface area contributed by atoms with E-state index in [1.165, 1.54) is 11.5 Å². The van der Waals surface area contributed by atoms with Crippen LogP contribution in [0.3, 0.4) is 0 Å². The van der Waals surface area contributed by atoms with Crippen LogP contribution in [0.25, 0.3) is 0 Å². The van der Waals surface area contributed by atoms with Gasteiger partial charge in [0.15, 0.2) is 0 Å². The molecule has 0 atom stereocenters. The molecule has 6 heavy (non-hydrogen) atoms. The Morgan fingerprint density at radius 1 is 1.83 bits per heavy atom. The number of aromatic nitrogens is 2. The summed E-state index contributed by atoms with van der Waals surface area (Å²) in [6.45, 7) is 0. The molecule has 0 amide bonds. The van der Waals surface area contributed by atoms with E-state index < -0.39 is 0 Å². The monoisotopic (exact) mass is 206 g/mol. The summed E-state index contributed by atoms with van der Waals surface area (Å²) in [6.07, 6.45) is 0. The summed E-state index contributed by atoms with van der Waals surface area (Å²) in [7, 11) is 0. The van der Waals surface area contributed by atoms with Gasteiger partial charge in [-0.2, -0.15) is 0 Å². The minimum absolute atomic E-state index is 0.991. The van der Waals surface area contributed by atoms with Crippen LogP contribution in [0.2, 0.25) is 0 Å². The summed E-state index contributed by atoms with van der Waals surface area (Å²) >= 11 is 2.45. The first-order chi connectivity index (χ1) is 2.89. The summed E-state index contributed by atoms with van der Waals surface area (Å²) in [5, 5.41) is 0. The molecule has 0 unspecified atom stereocenters. The predicted molar refractivity (Wildman–Crippen MR) is 26.7 cm³/mol. The second kappa shape index (κ2) is 1.88. The van der Waals surface area contributed by atoms with E-state index in [2.05, 4.69) is 9.36 Å². The van der Waals surface area contributed by atoms with Gasteiger partial charge in [0.05, 0.1) is 0 Å². The molecule has 0 bridgehead atoms. The van der Waals surface area contributed by atoms with Crippen LogP contribution in [-0.4, -0.2) is 31.9 Å². The molecule has 0 aliphatic rings. The molecule has 4 heteroatoms. The van der Waals surface area contributed by atoms with Crippen LogP contribution in [0.5, 0.6) is 0 Å². The summed E-state index contributed by atoms with van der Waals surface area (Å²) in [6, 6.07) is 0. The van der Waals surface area contributed by atoms with Crippen LogP contribution in [0.1, 0.15) is 0 Å². The van der Waals surface area contributed by atoms with Gasteiger partial charge in [0.2, 0.25) is 0 Å². The molecule has 2 radical (unpaired) electrons. The molecule has 0 spiro atoms. The Labute approximate surface area is 52.9 Å². The molecule has 0 saturated heterocycles. The third-order valence-corrected chi connectivity index (χ3v) is 2.20. The zero-order chi connectivity index (χ0) is 4.41. The number of hydrogen-bond donors (Lipinski definition) is 0. The topological polar surface area (TPSA) is 25.8 Å². The van der Waals surface area contributed by atoms with E-state index in [4.69, 9.17) is 0 Å². The molecule has 0 aliphatic heterocycles. The Hall–Kier alpha value is 0.359. The number of nitrogens with zero attached hydrogens (tertiary/aromatic N) is 2. The van der Waals surface area contributed by atoms with Crippen molar-refractivity contribution in [3.63, 3.8) is 0 Å². The molecule has 30 valence electrons. The first-order valence-corrected chi connectivity index (χ1v) is 3.90. The summed E-state index contributed by atoms with van der Waals surface area (Å²) < 4.78 is 4.90. The quantitative estimate of drug-likeness (QED) is 0.511. The molecule has 0 aliphatic carbocycles. The molecule has 1 heterocycles. The fourth-order valence-electron chi connectivity index (χ4n) is 0.179. The molecule has 0 fully saturated rings. The average Bonchev–Trinajstić information content (AvgIpc) is 1.86. The van der Waals surface area contributed by atoms with E-state index >= 15 is 0 Å². The van der Waals surface area contributed by atoms with E-state index in [1.54, 1.807) is 5.51 Å². The zero-order valence-electron chi connectivity index (χ0n) is 2.96. The van der Waals surface area contributed by atoms with Gasteiger partial charge in [0.25, 0.3) is 0 Å². The molecule has 1 aromatic heterocycles. The normalized spacial score (nSPS) is 8.83. The second-order valence-electron chi connectivity index (χ2n) is 0.789.